The molecule has 0 fully saturated rings. The van der Waals surface area contributed by atoms with E-state index in [1.807, 2.05) is 18.2 Å². The first-order valence-electron chi connectivity index (χ1n) is 10.4. The topological polar surface area (TPSA) is 138 Å². The lowest BCUT2D eigenvalue weighted by molar-refractivity contribution is -0.119. The summed E-state index contributed by atoms with van der Waals surface area (Å²) in [6.07, 6.45) is 0. The Morgan fingerprint density at radius 2 is 1.66 bits per heavy atom. The van der Waals surface area contributed by atoms with E-state index in [9.17, 15) is 18.0 Å². The summed E-state index contributed by atoms with van der Waals surface area (Å²) >= 11 is 0. The fourth-order valence-electron chi connectivity index (χ4n) is 3.39. The van der Waals surface area contributed by atoms with Crippen LogP contribution in [0.25, 0.3) is 22.2 Å². The summed E-state index contributed by atoms with van der Waals surface area (Å²) in [5.74, 6) is -0.576. The highest BCUT2D eigenvalue weighted by atomic mass is 32.2. The zero-order valence-electron chi connectivity index (χ0n) is 18.6. The third-order valence-electron chi connectivity index (χ3n) is 5.12. The number of nitrogens with one attached hydrogen (secondary N) is 1. The number of fused-ring (bicyclic) bond motifs is 1. The van der Waals surface area contributed by atoms with E-state index in [1.54, 1.807) is 43.5 Å². The maximum atomic E-state index is 12.9. The lowest BCUT2D eigenvalue weighted by Crippen LogP contribution is -2.21. The maximum Gasteiger partial charge on any atom is 0.339 e. The maximum absolute atomic E-state index is 12.9. The van der Waals surface area contributed by atoms with Gasteiger partial charge in [-0.05, 0) is 60.7 Å². The Balaban J connectivity index is 1.51. The molecule has 178 valence electrons. The molecule has 4 rings (SSSR count). The highest BCUT2D eigenvalue weighted by Gasteiger charge is 2.17. The molecule has 1 heterocycles. The number of benzene rings is 3. The summed E-state index contributed by atoms with van der Waals surface area (Å²) in [6.45, 7) is -0.537. The predicted molar refractivity (Wildman–Crippen MR) is 130 cm³/mol. The first-order chi connectivity index (χ1) is 16.7. The molecule has 1 amide bonds. The highest BCUT2D eigenvalue weighted by molar-refractivity contribution is 7.89. The van der Waals surface area contributed by atoms with Crippen molar-refractivity contribution in [1.82, 2.24) is 4.98 Å². The fraction of sp³-hybridized carbons (Fsp3) is 0.0800. The minimum Gasteiger partial charge on any atom is -0.497 e. The van der Waals surface area contributed by atoms with Crippen LogP contribution in [0, 0.1) is 0 Å². The molecule has 4 aromatic rings. The van der Waals surface area contributed by atoms with Gasteiger partial charge in [0.15, 0.2) is 6.61 Å². The summed E-state index contributed by atoms with van der Waals surface area (Å²) in [4.78, 5) is 29.8. The molecule has 35 heavy (non-hydrogen) atoms. The number of esters is 1. The van der Waals surface area contributed by atoms with Gasteiger partial charge in [0.05, 0.1) is 28.8 Å². The van der Waals surface area contributed by atoms with Crippen LogP contribution in [-0.4, -0.2) is 39.0 Å². The van der Waals surface area contributed by atoms with E-state index >= 15 is 0 Å². The van der Waals surface area contributed by atoms with Gasteiger partial charge in [0, 0.05) is 16.6 Å². The summed E-state index contributed by atoms with van der Waals surface area (Å²) in [5, 5.41) is 8.19. The average Bonchev–Trinajstić information content (AvgIpc) is 2.86. The minimum atomic E-state index is -3.84. The van der Waals surface area contributed by atoms with Gasteiger partial charge in [-0.25, -0.2) is 23.3 Å². The minimum absolute atomic E-state index is 0.0841. The van der Waals surface area contributed by atoms with Crippen LogP contribution in [0.1, 0.15) is 10.4 Å². The number of sulfonamides is 1. The van der Waals surface area contributed by atoms with E-state index in [4.69, 9.17) is 14.6 Å². The van der Waals surface area contributed by atoms with Crippen molar-refractivity contribution in [3.05, 3.63) is 84.4 Å². The van der Waals surface area contributed by atoms with Crippen molar-refractivity contribution in [2.24, 2.45) is 5.14 Å². The average molecular weight is 492 g/mol. The van der Waals surface area contributed by atoms with E-state index in [2.05, 4.69) is 10.3 Å². The third kappa shape index (κ3) is 5.62. The smallest absolute Gasteiger partial charge is 0.339 e. The second-order valence-electron chi connectivity index (χ2n) is 7.49. The summed E-state index contributed by atoms with van der Waals surface area (Å²) in [5.41, 5.74) is 2.55. The monoisotopic (exact) mass is 491 g/mol. The molecule has 0 spiro atoms. The predicted octanol–water partition coefficient (Wildman–Crippen LogP) is 3.35. The normalized spacial score (nSPS) is 11.1. The van der Waals surface area contributed by atoms with Crippen molar-refractivity contribution in [3.63, 3.8) is 0 Å². The van der Waals surface area contributed by atoms with Crippen molar-refractivity contribution < 1.29 is 27.5 Å². The number of carbonyl (C=O) groups excluding carboxylic acids is 2. The number of hydrogen-bond donors (Lipinski definition) is 2. The van der Waals surface area contributed by atoms with Crippen LogP contribution in [0.3, 0.4) is 0 Å². The van der Waals surface area contributed by atoms with E-state index in [-0.39, 0.29) is 10.5 Å². The van der Waals surface area contributed by atoms with Gasteiger partial charge in [0.1, 0.15) is 5.75 Å². The largest absolute Gasteiger partial charge is 0.497 e. The number of para-hydroxylation sites is 1. The van der Waals surface area contributed by atoms with Gasteiger partial charge in [-0.1, -0.05) is 18.2 Å². The van der Waals surface area contributed by atoms with Gasteiger partial charge in [0.2, 0.25) is 10.0 Å². The Kier molecular flexibility index (Phi) is 6.76. The summed E-state index contributed by atoms with van der Waals surface area (Å²) in [6, 6.07) is 21.3. The van der Waals surface area contributed by atoms with Crippen molar-refractivity contribution in [3.8, 4) is 17.0 Å². The van der Waals surface area contributed by atoms with Crippen molar-refractivity contribution in [2.75, 3.05) is 19.0 Å². The number of anilines is 1. The molecule has 3 aromatic carbocycles. The van der Waals surface area contributed by atoms with Crippen LogP contribution in [0.2, 0.25) is 0 Å². The molecule has 0 radical (unpaired) electrons. The number of hydrogen-bond acceptors (Lipinski definition) is 7. The quantitative estimate of drug-likeness (QED) is 0.378. The fourth-order valence-corrected chi connectivity index (χ4v) is 3.90. The first kappa shape index (κ1) is 23.9. The third-order valence-corrected chi connectivity index (χ3v) is 6.05. The van der Waals surface area contributed by atoms with Gasteiger partial charge < -0.3 is 14.8 Å². The molecule has 0 saturated heterocycles. The molecule has 3 N–H and O–H groups in total. The zero-order chi connectivity index (χ0) is 25.0. The molecular formula is C25H21N3O6S. The number of amides is 1. The van der Waals surface area contributed by atoms with Crippen LogP contribution in [0.4, 0.5) is 5.69 Å². The van der Waals surface area contributed by atoms with Gasteiger partial charge >= 0.3 is 5.97 Å². The number of primary sulfonamides is 1. The van der Waals surface area contributed by atoms with Crippen LogP contribution < -0.4 is 15.2 Å². The van der Waals surface area contributed by atoms with E-state index < -0.39 is 28.5 Å². The second kappa shape index (κ2) is 9.92. The summed E-state index contributed by atoms with van der Waals surface area (Å²) < 4.78 is 33.1. The standard InChI is InChI=1S/C25H21N3O6S/c1-33-18-10-6-16(7-11-18)23-14-21(20-4-2-3-5-22(20)28-23)25(30)34-15-24(29)27-17-8-12-19(13-9-17)35(26,31)32/h2-14H,15H2,1H3,(H,27,29)(H2,26,31,32). The van der Waals surface area contributed by atoms with Gasteiger partial charge in [-0.2, -0.15) is 0 Å². The Morgan fingerprint density at radius 3 is 2.31 bits per heavy atom. The van der Waals surface area contributed by atoms with Gasteiger partial charge in [-0.3, -0.25) is 4.79 Å². The SMILES string of the molecule is COc1ccc(-c2cc(C(=O)OCC(=O)Nc3ccc(S(N)(=O)=O)cc3)c3ccccc3n2)cc1. The lowest BCUT2D eigenvalue weighted by atomic mass is 10.0. The molecule has 10 heteroatoms. The number of methoxy groups -OCH3 is 1. The van der Waals surface area contributed by atoms with Crippen molar-refractivity contribution >= 4 is 38.5 Å². The van der Waals surface area contributed by atoms with Crippen molar-refractivity contribution in [1.29, 1.82) is 0 Å². The Morgan fingerprint density at radius 1 is 0.971 bits per heavy atom. The first-order valence-corrected chi connectivity index (χ1v) is 11.9. The van der Waals surface area contributed by atoms with Crippen LogP contribution >= 0.6 is 0 Å². The molecule has 0 saturated carbocycles. The van der Waals surface area contributed by atoms with E-state index in [1.165, 1.54) is 24.3 Å². The van der Waals surface area contributed by atoms with Gasteiger partial charge in [0.25, 0.3) is 5.91 Å². The molecule has 0 bridgehead atoms. The molecular weight excluding hydrogens is 470 g/mol. The molecule has 9 nitrogen and oxygen atoms in total. The van der Waals surface area contributed by atoms with Crippen LogP contribution in [-0.2, 0) is 19.6 Å². The molecule has 1 aromatic heterocycles. The van der Waals surface area contributed by atoms with Crippen LogP contribution in [0.15, 0.2) is 83.8 Å². The number of carbonyl (C=O) groups is 2. The number of rotatable bonds is 7. The summed E-state index contributed by atoms with van der Waals surface area (Å²) in [7, 11) is -2.26. The molecule has 0 unspecified atom stereocenters. The Labute approximate surface area is 201 Å². The molecule has 0 aliphatic heterocycles. The number of aromatic nitrogens is 1. The molecule has 0 aliphatic carbocycles. The molecule has 0 aliphatic rings. The number of nitrogens with two attached hydrogens (primary N) is 1. The molecule has 0 atom stereocenters. The number of pyridine rings is 1. The Bertz CT molecular complexity index is 1500. The Hall–Kier alpha value is -4.28. The number of ether oxygens (including phenoxy) is 2. The number of nitrogens with zero attached hydrogens (tertiary/aromatic N) is 1. The zero-order valence-corrected chi connectivity index (χ0v) is 19.4. The highest BCUT2D eigenvalue weighted by Crippen LogP contribution is 2.27. The van der Waals surface area contributed by atoms with Crippen molar-refractivity contribution in [2.45, 2.75) is 4.90 Å². The van der Waals surface area contributed by atoms with Crippen LogP contribution in [0.5, 0.6) is 5.75 Å². The van der Waals surface area contributed by atoms with Gasteiger partial charge in [-0.15, -0.1) is 0 Å². The second-order valence-corrected chi connectivity index (χ2v) is 9.06. The van der Waals surface area contributed by atoms with E-state index in [0.717, 1.165) is 5.56 Å². The lowest BCUT2D eigenvalue weighted by Gasteiger charge is -2.11. The van der Waals surface area contributed by atoms with E-state index in [0.29, 0.717) is 28.0 Å².